The van der Waals surface area contributed by atoms with E-state index in [2.05, 4.69) is 10.6 Å². The minimum absolute atomic E-state index is 0.112. The number of carboxylic acids is 1. The van der Waals surface area contributed by atoms with Crippen LogP contribution in [0.4, 0.5) is 0 Å². The molecular weight excluding hydrogens is 424 g/mol. The fourth-order valence-electron chi connectivity index (χ4n) is 3.10. The van der Waals surface area contributed by atoms with Gasteiger partial charge in [0.1, 0.15) is 17.8 Å². The molecule has 0 fully saturated rings. The zero-order valence-electron chi connectivity index (χ0n) is 16.0. The largest absolute Gasteiger partial charge is 0.508 e. The van der Waals surface area contributed by atoms with E-state index in [-0.39, 0.29) is 30.4 Å². The van der Waals surface area contributed by atoms with Gasteiger partial charge in [-0.15, -0.1) is 22.7 Å². The standard InChI is InChI=1S/C21H22N2O5S2/c24-14-7-5-13(6-8-14)11-17(21(27)28)23-19(25)16(12-15-3-1-9-29-15)22-20(26)18-4-2-10-30-18/h1-5,7-10,13,16-17,24H,6,11-12H2,(H,22,26)(H,23,25)(H,27,28)/t13?,16-,17-/m0/s1. The molecule has 0 aliphatic heterocycles. The zero-order chi connectivity index (χ0) is 21.5. The zero-order valence-corrected chi connectivity index (χ0v) is 17.6. The molecule has 0 radical (unpaired) electrons. The highest BCUT2D eigenvalue weighted by Crippen LogP contribution is 2.20. The van der Waals surface area contributed by atoms with Crippen LogP contribution in [0.5, 0.6) is 0 Å². The quantitative estimate of drug-likeness (QED) is 0.472. The summed E-state index contributed by atoms with van der Waals surface area (Å²) in [7, 11) is 0. The smallest absolute Gasteiger partial charge is 0.326 e. The Bertz CT molecular complexity index is 935. The number of carbonyl (C=O) groups is 3. The third-order valence-corrected chi connectivity index (χ3v) is 6.44. The Morgan fingerprint density at radius 3 is 2.47 bits per heavy atom. The average molecular weight is 447 g/mol. The number of aliphatic hydroxyl groups is 1. The maximum absolute atomic E-state index is 12.9. The van der Waals surface area contributed by atoms with E-state index in [0.29, 0.717) is 11.3 Å². The number of hydrogen-bond donors (Lipinski definition) is 4. The number of hydrogen-bond acceptors (Lipinski definition) is 6. The van der Waals surface area contributed by atoms with Gasteiger partial charge in [0.2, 0.25) is 5.91 Å². The molecule has 2 aromatic rings. The number of allylic oxidation sites excluding steroid dienone is 3. The van der Waals surface area contributed by atoms with Crippen molar-refractivity contribution in [3.05, 3.63) is 68.8 Å². The van der Waals surface area contributed by atoms with Crippen LogP contribution in [0.1, 0.15) is 27.4 Å². The van der Waals surface area contributed by atoms with Crippen molar-refractivity contribution in [2.24, 2.45) is 5.92 Å². The lowest BCUT2D eigenvalue weighted by atomic mass is 9.92. The van der Waals surface area contributed by atoms with Crippen molar-refractivity contribution >= 4 is 40.5 Å². The monoisotopic (exact) mass is 446 g/mol. The van der Waals surface area contributed by atoms with Crippen LogP contribution in [0.2, 0.25) is 0 Å². The number of nitrogens with one attached hydrogen (secondary N) is 2. The summed E-state index contributed by atoms with van der Waals surface area (Å²) in [5, 5.41) is 28.0. The molecule has 2 amide bonds. The summed E-state index contributed by atoms with van der Waals surface area (Å²) >= 11 is 2.73. The summed E-state index contributed by atoms with van der Waals surface area (Å²) < 4.78 is 0. The highest BCUT2D eigenvalue weighted by atomic mass is 32.1. The first-order valence-electron chi connectivity index (χ1n) is 9.39. The van der Waals surface area contributed by atoms with Crippen LogP contribution < -0.4 is 10.6 Å². The highest BCUT2D eigenvalue weighted by Gasteiger charge is 2.29. The van der Waals surface area contributed by atoms with Gasteiger partial charge in [0.15, 0.2) is 0 Å². The van der Waals surface area contributed by atoms with Crippen LogP contribution in [0.3, 0.4) is 0 Å². The molecule has 0 saturated heterocycles. The second-order valence-electron chi connectivity index (χ2n) is 6.91. The topological polar surface area (TPSA) is 116 Å². The van der Waals surface area contributed by atoms with E-state index in [4.69, 9.17) is 0 Å². The van der Waals surface area contributed by atoms with Crippen LogP contribution in [-0.4, -0.2) is 40.1 Å². The fourth-order valence-corrected chi connectivity index (χ4v) is 4.48. The first-order chi connectivity index (χ1) is 14.4. The van der Waals surface area contributed by atoms with Gasteiger partial charge in [-0.25, -0.2) is 4.79 Å². The summed E-state index contributed by atoms with van der Waals surface area (Å²) in [6.45, 7) is 0. The molecule has 4 N–H and O–H groups in total. The van der Waals surface area contributed by atoms with Crippen molar-refractivity contribution in [3.8, 4) is 0 Å². The summed E-state index contributed by atoms with van der Waals surface area (Å²) in [6.07, 6.45) is 5.83. The number of amides is 2. The van der Waals surface area contributed by atoms with E-state index in [1.807, 2.05) is 17.5 Å². The normalized spacial score (nSPS) is 17.6. The Morgan fingerprint density at radius 2 is 1.87 bits per heavy atom. The molecule has 0 aromatic carbocycles. The maximum atomic E-state index is 12.9. The van der Waals surface area contributed by atoms with Gasteiger partial charge in [0.05, 0.1) is 4.88 Å². The van der Waals surface area contributed by atoms with Crippen molar-refractivity contribution in [2.75, 3.05) is 0 Å². The summed E-state index contributed by atoms with van der Waals surface area (Å²) in [6, 6.07) is 5.13. The van der Waals surface area contributed by atoms with Gasteiger partial charge in [-0.1, -0.05) is 18.2 Å². The molecule has 7 nitrogen and oxygen atoms in total. The number of rotatable bonds is 9. The minimum atomic E-state index is -1.14. The van der Waals surface area contributed by atoms with E-state index in [1.54, 1.807) is 29.7 Å². The van der Waals surface area contributed by atoms with Crippen molar-refractivity contribution in [1.29, 1.82) is 0 Å². The molecule has 3 rings (SSSR count). The average Bonchev–Trinajstić information content (AvgIpc) is 3.42. The molecule has 2 heterocycles. The van der Waals surface area contributed by atoms with Crippen LogP contribution in [0.25, 0.3) is 0 Å². The van der Waals surface area contributed by atoms with Gasteiger partial charge in [0, 0.05) is 11.3 Å². The van der Waals surface area contributed by atoms with Gasteiger partial charge >= 0.3 is 5.97 Å². The molecule has 1 aliphatic rings. The molecule has 0 bridgehead atoms. The van der Waals surface area contributed by atoms with Crippen molar-refractivity contribution in [1.82, 2.24) is 10.6 Å². The lowest BCUT2D eigenvalue weighted by Crippen LogP contribution is -2.52. The van der Waals surface area contributed by atoms with Gasteiger partial charge in [0.25, 0.3) is 5.91 Å². The third-order valence-electron chi connectivity index (χ3n) is 4.67. The lowest BCUT2D eigenvalue weighted by molar-refractivity contribution is -0.142. The van der Waals surface area contributed by atoms with Gasteiger partial charge < -0.3 is 20.8 Å². The number of carbonyl (C=O) groups excluding carboxylic acids is 2. The first-order valence-corrected chi connectivity index (χ1v) is 11.2. The fraction of sp³-hybridized carbons (Fsp3) is 0.286. The SMILES string of the molecule is O=C(N[C@@H](Cc1cccs1)C(=O)N[C@@H](CC1C=CC(O)=CC1)C(=O)O)c1cccs1. The number of aliphatic hydroxyl groups excluding tert-OH is 1. The molecule has 2 aromatic heterocycles. The van der Waals surface area contributed by atoms with Crippen LogP contribution in [0, 0.1) is 5.92 Å². The molecule has 1 aliphatic carbocycles. The molecule has 0 spiro atoms. The molecule has 0 saturated carbocycles. The Morgan fingerprint density at radius 1 is 1.10 bits per heavy atom. The Balaban J connectivity index is 1.69. The third kappa shape index (κ3) is 6.04. The molecule has 158 valence electrons. The predicted molar refractivity (Wildman–Crippen MR) is 116 cm³/mol. The van der Waals surface area contributed by atoms with Crippen molar-refractivity contribution < 1.29 is 24.6 Å². The lowest BCUT2D eigenvalue weighted by Gasteiger charge is -2.23. The van der Waals surface area contributed by atoms with Crippen LogP contribution >= 0.6 is 22.7 Å². The van der Waals surface area contributed by atoms with Gasteiger partial charge in [-0.3, -0.25) is 9.59 Å². The number of thiophene rings is 2. The number of aliphatic carboxylic acids is 1. The second-order valence-corrected chi connectivity index (χ2v) is 8.89. The maximum Gasteiger partial charge on any atom is 0.326 e. The second kappa shape index (κ2) is 10.2. The minimum Gasteiger partial charge on any atom is -0.508 e. The van der Waals surface area contributed by atoms with Crippen molar-refractivity contribution in [2.45, 2.75) is 31.3 Å². The first kappa shape index (κ1) is 21.8. The summed E-state index contributed by atoms with van der Waals surface area (Å²) in [5.41, 5.74) is 0. The van der Waals surface area contributed by atoms with E-state index < -0.39 is 24.0 Å². The Hall–Kier alpha value is -2.91. The van der Waals surface area contributed by atoms with Gasteiger partial charge in [-0.2, -0.15) is 0 Å². The van der Waals surface area contributed by atoms with E-state index in [0.717, 1.165) is 4.88 Å². The summed E-state index contributed by atoms with van der Waals surface area (Å²) in [5.74, 6) is -2.02. The Labute approximate surface area is 181 Å². The van der Waals surface area contributed by atoms with Crippen molar-refractivity contribution in [3.63, 3.8) is 0 Å². The molecular formula is C21H22N2O5S2. The van der Waals surface area contributed by atoms with E-state index in [9.17, 15) is 24.6 Å². The van der Waals surface area contributed by atoms with Crippen LogP contribution in [-0.2, 0) is 16.0 Å². The van der Waals surface area contributed by atoms with Crippen LogP contribution in [0.15, 0.2) is 59.0 Å². The highest BCUT2D eigenvalue weighted by molar-refractivity contribution is 7.12. The van der Waals surface area contributed by atoms with Gasteiger partial charge in [-0.05, 0) is 53.8 Å². The summed E-state index contributed by atoms with van der Waals surface area (Å²) in [4.78, 5) is 38.5. The Kier molecular flexibility index (Phi) is 7.42. The van der Waals surface area contributed by atoms with E-state index >= 15 is 0 Å². The number of carboxylic acid groups (broad SMARTS) is 1. The molecule has 9 heteroatoms. The van der Waals surface area contributed by atoms with E-state index in [1.165, 1.54) is 28.7 Å². The molecule has 1 unspecified atom stereocenters. The molecule has 30 heavy (non-hydrogen) atoms. The molecule has 3 atom stereocenters. The predicted octanol–water partition coefficient (Wildman–Crippen LogP) is 3.13.